The second-order valence-electron chi connectivity index (χ2n) is 7.09. The Morgan fingerprint density at radius 3 is 2.43 bits per heavy atom. The van der Waals surface area contributed by atoms with Gasteiger partial charge in [0.1, 0.15) is 0 Å². The molecule has 0 unspecified atom stereocenters. The lowest BCUT2D eigenvalue weighted by Crippen LogP contribution is -2.46. The van der Waals surface area contributed by atoms with Crippen LogP contribution in [0.15, 0.2) is 59.6 Å². The van der Waals surface area contributed by atoms with Crippen LogP contribution in [0.2, 0.25) is 0 Å². The summed E-state index contributed by atoms with van der Waals surface area (Å²) < 4.78 is 5.23. The van der Waals surface area contributed by atoms with Gasteiger partial charge in [0.05, 0.1) is 13.2 Å². The van der Waals surface area contributed by atoms with Crippen molar-refractivity contribution in [3.05, 3.63) is 65.7 Å². The van der Waals surface area contributed by atoms with Gasteiger partial charge in [-0.2, -0.15) is 0 Å². The van der Waals surface area contributed by atoms with Crippen LogP contribution in [0, 0.1) is 0 Å². The molecule has 0 bridgehead atoms. The Bertz CT molecular complexity index is 742. The number of nitrogens with one attached hydrogen (secondary N) is 1. The summed E-state index contributed by atoms with van der Waals surface area (Å²) in [5, 5.41) is 3.19. The molecule has 3 N–H and O–H groups in total. The van der Waals surface area contributed by atoms with Gasteiger partial charge in [0, 0.05) is 57.6 Å². The number of benzene rings is 2. The molecule has 6 heteroatoms. The van der Waals surface area contributed by atoms with Gasteiger partial charge >= 0.3 is 0 Å². The van der Waals surface area contributed by atoms with E-state index in [4.69, 9.17) is 10.5 Å². The standard InChI is InChI=1S/C22H31N5O/c1-28-18-20-9-5-6-10-21(20)25-22(23)24-11-12-26-13-15-27(16-14-26)17-19-7-3-2-4-8-19/h2-10H,11-18H2,1H3,(H3,23,24,25). The summed E-state index contributed by atoms with van der Waals surface area (Å²) in [5.41, 5.74) is 9.46. The summed E-state index contributed by atoms with van der Waals surface area (Å²) in [7, 11) is 1.69. The minimum Gasteiger partial charge on any atom is -0.380 e. The lowest BCUT2D eigenvalue weighted by molar-refractivity contribution is 0.130. The van der Waals surface area contributed by atoms with Crippen molar-refractivity contribution in [2.45, 2.75) is 13.2 Å². The summed E-state index contributed by atoms with van der Waals surface area (Å²) in [6.45, 7) is 7.55. The zero-order valence-electron chi connectivity index (χ0n) is 16.7. The van der Waals surface area contributed by atoms with Gasteiger partial charge in [0.15, 0.2) is 5.96 Å². The number of anilines is 1. The fourth-order valence-corrected chi connectivity index (χ4v) is 3.43. The first-order chi connectivity index (χ1) is 13.7. The second-order valence-corrected chi connectivity index (χ2v) is 7.09. The molecule has 1 heterocycles. The Hall–Kier alpha value is -2.41. The first-order valence-electron chi connectivity index (χ1n) is 9.87. The number of hydrogen-bond acceptors (Lipinski definition) is 4. The summed E-state index contributed by atoms with van der Waals surface area (Å²) in [6, 6.07) is 18.7. The van der Waals surface area contributed by atoms with Crippen molar-refractivity contribution in [1.29, 1.82) is 0 Å². The molecular formula is C22H31N5O. The Kier molecular flexibility index (Phi) is 7.84. The average molecular weight is 382 g/mol. The van der Waals surface area contributed by atoms with E-state index in [2.05, 4.69) is 50.4 Å². The largest absolute Gasteiger partial charge is 0.380 e. The fraction of sp³-hybridized carbons (Fsp3) is 0.409. The van der Waals surface area contributed by atoms with E-state index >= 15 is 0 Å². The summed E-state index contributed by atoms with van der Waals surface area (Å²) in [5.74, 6) is 0.450. The quantitative estimate of drug-likeness (QED) is 0.543. The minimum atomic E-state index is 0.450. The molecule has 150 valence electrons. The van der Waals surface area contributed by atoms with Crippen molar-refractivity contribution < 1.29 is 4.74 Å². The maximum absolute atomic E-state index is 6.07. The number of hydrogen-bond donors (Lipinski definition) is 2. The number of ether oxygens (including phenoxy) is 1. The van der Waals surface area contributed by atoms with Gasteiger partial charge in [-0.1, -0.05) is 48.5 Å². The van der Waals surface area contributed by atoms with E-state index in [1.54, 1.807) is 7.11 Å². The summed E-state index contributed by atoms with van der Waals surface area (Å²) in [6.07, 6.45) is 0. The van der Waals surface area contributed by atoms with Crippen molar-refractivity contribution in [1.82, 2.24) is 9.80 Å². The molecule has 0 aliphatic carbocycles. The van der Waals surface area contributed by atoms with Crippen molar-refractivity contribution >= 4 is 11.6 Å². The highest BCUT2D eigenvalue weighted by molar-refractivity contribution is 5.92. The molecule has 1 fully saturated rings. The van der Waals surface area contributed by atoms with Crippen molar-refractivity contribution in [3.63, 3.8) is 0 Å². The van der Waals surface area contributed by atoms with Crippen LogP contribution < -0.4 is 11.1 Å². The highest BCUT2D eigenvalue weighted by atomic mass is 16.5. The first-order valence-corrected chi connectivity index (χ1v) is 9.87. The molecule has 0 aromatic heterocycles. The van der Waals surface area contributed by atoms with E-state index in [1.807, 2.05) is 24.3 Å². The van der Waals surface area contributed by atoms with Crippen LogP contribution in [-0.2, 0) is 17.9 Å². The third-order valence-electron chi connectivity index (χ3n) is 4.99. The summed E-state index contributed by atoms with van der Waals surface area (Å²) >= 11 is 0. The molecule has 3 rings (SSSR count). The zero-order valence-corrected chi connectivity index (χ0v) is 16.7. The molecule has 0 radical (unpaired) electrons. The number of para-hydroxylation sites is 1. The molecule has 1 saturated heterocycles. The van der Waals surface area contributed by atoms with E-state index in [1.165, 1.54) is 5.56 Å². The molecule has 1 aliphatic rings. The topological polar surface area (TPSA) is 66.1 Å². The van der Waals surface area contributed by atoms with Crippen LogP contribution in [-0.4, -0.2) is 62.1 Å². The molecule has 2 aromatic rings. The summed E-state index contributed by atoms with van der Waals surface area (Å²) in [4.78, 5) is 9.46. The Balaban J connectivity index is 1.39. The molecule has 1 aliphatic heterocycles. The normalized spacial score (nSPS) is 16.2. The van der Waals surface area contributed by atoms with Crippen molar-refractivity contribution in [2.75, 3.05) is 51.7 Å². The van der Waals surface area contributed by atoms with Gasteiger partial charge < -0.3 is 15.8 Å². The highest BCUT2D eigenvalue weighted by Crippen LogP contribution is 2.15. The van der Waals surface area contributed by atoms with E-state index in [-0.39, 0.29) is 0 Å². The van der Waals surface area contributed by atoms with Crippen molar-refractivity contribution in [3.8, 4) is 0 Å². The van der Waals surface area contributed by atoms with Crippen LogP contribution in [0.3, 0.4) is 0 Å². The third-order valence-corrected chi connectivity index (χ3v) is 4.99. The van der Waals surface area contributed by atoms with Gasteiger partial charge in [-0.05, 0) is 11.6 Å². The molecule has 0 atom stereocenters. The van der Waals surface area contributed by atoms with Crippen LogP contribution in [0.25, 0.3) is 0 Å². The number of rotatable bonds is 8. The van der Waals surface area contributed by atoms with E-state index in [0.29, 0.717) is 19.1 Å². The maximum atomic E-state index is 6.07. The van der Waals surface area contributed by atoms with E-state index < -0.39 is 0 Å². The fourth-order valence-electron chi connectivity index (χ4n) is 3.43. The number of aliphatic imine (C=N–C) groups is 1. The molecule has 0 spiro atoms. The van der Waals surface area contributed by atoms with Crippen LogP contribution in [0.1, 0.15) is 11.1 Å². The predicted molar refractivity (Wildman–Crippen MR) is 115 cm³/mol. The van der Waals surface area contributed by atoms with E-state index in [9.17, 15) is 0 Å². The van der Waals surface area contributed by atoms with Gasteiger partial charge in [-0.3, -0.25) is 14.8 Å². The Morgan fingerprint density at radius 1 is 1.00 bits per heavy atom. The zero-order chi connectivity index (χ0) is 19.6. The molecule has 2 aromatic carbocycles. The van der Waals surface area contributed by atoms with Gasteiger partial charge in [0.2, 0.25) is 0 Å². The van der Waals surface area contributed by atoms with Gasteiger partial charge in [-0.15, -0.1) is 0 Å². The SMILES string of the molecule is COCc1ccccc1NC(N)=NCCN1CCN(Cc2ccccc2)CC1. The minimum absolute atomic E-state index is 0.450. The highest BCUT2D eigenvalue weighted by Gasteiger charge is 2.16. The third kappa shape index (κ3) is 6.34. The predicted octanol–water partition coefficient (Wildman–Crippen LogP) is 2.38. The van der Waals surface area contributed by atoms with Crippen LogP contribution in [0.4, 0.5) is 5.69 Å². The van der Waals surface area contributed by atoms with Gasteiger partial charge in [-0.25, -0.2) is 0 Å². The number of methoxy groups -OCH3 is 1. The number of piperazine rings is 1. The lowest BCUT2D eigenvalue weighted by Gasteiger charge is -2.34. The molecule has 0 saturated carbocycles. The molecular weight excluding hydrogens is 350 g/mol. The molecule has 6 nitrogen and oxygen atoms in total. The Labute approximate surface area is 168 Å². The Morgan fingerprint density at radius 2 is 1.68 bits per heavy atom. The monoisotopic (exact) mass is 381 g/mol. The lowest BCUT2D eigenvalue weighted by atomic mass is 10.2. The average Bonchev–Trinajstić information content (AvgIpc) is 2.72. The number of guanidine groups is 1. The number of nitrogens with two attached hydrogens (primary N) is 1. The maximum Gasteiger partial charge on any atom is 0.193 e. The first kappa shape index (κ1) is 20.3. The van der Waals surface area contributed by atoms with Crippen LogP contribution >= 0.6 is 0 Å². The molecule has 0 amide bonds. The molecule has 28 heavy (non-hydrogen) atoms. The van der Waals surface area contributed by atoms with E-state index in [0.717, 1.165) is 50.5 Å². The number of nitrogens with zero attached hydrogens (tertiary/aromatic N) is 3. The van der Waals surface area contributed by atoms with Crippen molar-refractivity contribution in [2.24, 2.45) is 10.7 Å². The smallest absolute Gasteiger partial charge is 0.193 e. The van der Waals surface area contributed by atoms with Gasteiger partial charge in [0.25, 0.3) is 0 Å². The second kappa shape index (κ2) is 10.8. The van der Waals surface area contributed by atoms with Crippen LogP contribution in [0.5, 0.6) is 0 Å².